The normalized spacial score (nSPS) is 15.2. The minimum absolute atomic E-state index is 0. The van der Waals surface area contributed by atoms with Crippen molar-refractivity contribution in [3.8, 4) is 0 Å². The molecular formula is C15H24ClN3O2S. The van der Waals surface area contributed by atoms with E-state index in [4.69, 9.17) is 0 Å². The number of thiophene rings is 1. The molecule has 7 heteroatoms. The Hall–Kier alpha value is -1.11. The molecule has 0 aromatic carbocycles. The van der Waals surface area contributed by atoms with E-state index in [0.29, 0.717) is 10.8 Å². The Morgan fingerprint density at radius 3 is 2.68 bits per heavy atom. The molecule has 2 N–H and O–H groups in total. The van der Waals surface area contributed by atoms with Gasteiger partial charge in [0.1, 0.15) is 0 Å². The summed E-state index contributed by atoms with van der Waals surface area (Å²) >= 11 is 1.38. The maximum Gasteiger partial charge on any atom is 0.261 e. The SMILES string of the molecule is CNCCC1CCN(C(=O)CNC(=O)c2cccs2)CC1.Cl. The standard InChI is InChI=1S/C15H23N3O2S.ClH/c1-16-7-4-12-5-8-18(9-6-12)14(19)11-17-15(20)13-3-2-10-21-13;/h2-3,10,12,16H,4-9,11H2,1H3,(H,17,20);1H. The van der Waals surface area contributed by atoms with E-state index in [1.165, 1.54) is 17.8 Å². The lowest BCUT2D eigenvalue weighted by atomic mass is 9.93. The van der Waals surface area contributed by atoms with Crippen LogP contribution >= 0.6 is 23.7 Å². The van der Waals surface area contributed by atoms with Gasteiger partial charge in [-0.25, -0.2) is 0 Å². The third kappa shape index (κ3) is 5.59. The number of rotatable bonds is 6. The van der Waals surface area contributed by atoms with Crippen molar-refractivity contribution in [1.29, 1.82) is 0 Å². The third-order valence-electron chi connectivity index (χ3n) is 3.91. The monoisotopic (exact) mass is 345 g/mol. The number of nitrogens with one attached hydrogen (secondary N) is 2. The minimum Gasteiger partial charge on any atom is -0.342 e. The first-order chi connectivity index (χ1) is 10.2. The molecule has 0 aliphatic carbocycles. The lowest BCUT2D eigenvalue weighted by Crippen LogP contribution is -2.44. The van der Waals surface area contributed by atoms with Gasteiger partial charge in [0.2, 0.25) is 5.91 Å². The molecule has 1 aliphatic rings. The van der Waals surface area contributed by atoms with Crippen molar-refractivity contribution in [3.63, 3.8) is 0 Å². The molecule has 0 bridgehead atoms. The Labute approximate surface area is 141 Å². The van der Waals surface area contributed by atoms with Crippen molar-refractivity contribution < 1.29 is 9.59 Å². The fourth-order valence-corrected chi connectivity index (χ4v) is 3.22. The number of likely N-dealkylation sites (tertiary alicyclic amines) is 1. The van der Waals surface area contributed by atoms with Gasteiger partial charge in [-0.15, -0.1) is 23.7 Å². The Kier molecular flexibility index (Phi) is 8.45. The first-order valence-corrected chi connectivity index (χ1v) is 8.32. The summed E-state index contributed by atoms with van der Waals surface area (Å²) in [6.07, 6.45) is 3.30. The highest BCUT2D eigenvalue weighted by atomic mass is 35.5. The highest BCUT2D eigenvalue weighted by Gasteiger charge is 2.22. The molecule has 1 saturated heterocycles. The van der Waals surface area contributed by atoms with Crippen LogP contribution in [-0.2, 0) is 4.79 Å². The predicted octanol–water partition coefficient (Wildman–Crippen LogP) is 1.75. The van der Waals surface area contributed by atoms with Crippen LogP contribution in [0.2, 0.25) is 0 Å². The van der Waals surface area contributed by atoms with Crippen LogP contribution in [-0.4, -0.2) is 49.9 Å². The van der Waals surface area contributed by atoms with Gasteiger partial charge < -0.3 is 15.5 Å². The molecule has 1 aromatic heterocycles. The molecule has 0 spiro atoms. The lowest BCUT2D eigenvalue weighted by molar-refractivity contribution is -0.131. The van der Waals surface area contributed by atoms with E-state index in [2.05, 4.69) is 10.6 Å². The second-order valence-electron chi connectivity index (χ2n) is 5.38. The number of hydrogen-bond donors (Lipinski definition) is 2. The average molecular weight is 346 g/mol. The van der Waals surface area contributed by atoms with Crippen molar-refractivity contribution in [2.75, 3.05) is 33.2 Å². The molecule has 0 atom stereocenters. The predicted molar refractivity (Wildman–Crippen MR) is 91.7 cm³/mol. The van der Waals surface area contributed by atoms with Gasteiger partial charge in [0.25, 0.3) is 5.91 Å². The highest BCUT2D eigenvalue weighted by Crippen LogP contribution is 2.19. The van der Waals surface area contributed by atoms with Crippen molar-refractivity contribution in [2.24, 2.45) is 5.92 Å². The van der Waals surface area contributed by atoms with Crippen LogP contribution in [0.5, 0.6) is 0 Å². The zero-order chi connectivity index (χ0) is 15.1. The van der Waals surface area contributed by atoms with E-state index in [1.54, 1.807) is 6.07 Å². The molecule has 1 aliphatic heterocycles. The lowest BCUT2D eigenvalue weighted by Gasteiger charge is -2.32. The van der Waals surface area contributed by atoms with Crippen molar-refractivity contribution in [1.82, 2.24) is 15.5 Å². The van der Waals surface area contributed by atoms with E-state index >= 15 is 0 Å². The van der Waals surface area contributed by atoms with Crippen molar-refractivity contribution in [3.05, 3.63) is 22.4 Å². The topological polar surface area (TPSA) is 61.4 Å². The molecule has 22 heavy (non-hydrogen) atoms. The van der Waals surface area contributed by atoms with Gasteiger partial charge in [0, 0.05) is 13.1 Å². The number of carbonyl (C=O) groups is 2. The smallest absolute Gasteiger partial charge is 0.261 e. The highest BCUT2D eigenvalue weighted by molar-refractivity contribution is 7.12. The maximum absolute atomic E-state index is 12.1. The maximum atomic E-state index is 12.1. The summed E-state index contributed by atoms with van der Waals surface area (Å²) in [7, 11) is 1.97. The first-order valence-electron chi connectivity index (χ1n) is 7.44. The number of halogens is 1. The summed E-state index contributed by atoms with van der Waals surface area (Å²) in [4.78, 5) is 26.4. The van der Waals surface area contributed by atoms with Crippen LogP contribution in [0.25, 0.3) is 0 Å². The van der Waals surface area contributed by atoms with E-state index in [9.17, 15) is 9.59 Å². The Morgan fingerprint density at radius 2 is 2.09 bits per heavy atom. The van der Waals surface area contributed by atoms with Crippen LogP contribution in [0.3, 0.4) is 0 Å². The molecule has 0 unspecified atom stereocenters. The molecule has 0 radical (unpaired) electrons. The van der Waals surface area contributed by atoms with Gasteiger partial charge in [-0.3, -0.25) is 9.59 Å². The quantitative estimate of drug-likeness (QED) is 0.825. The van der Waals surface area contributed by atoms with E-state index < -0.39 is 0 Å². The molecule has 1 aromatic rings. The third-order valence-corrected chi connectivity index (χ3v) is 4.78. The second kappa shape index (κ2) is 9.82. The summed E-state index contributed by atoms with van der Waals surface area (Å²) < 4.78 is 0. The van der Waals surface area contributed by atoms with Gasteiger partial charge in [-0.1, -0.05) is 6.07 Å². The second-order valence-corrected chi connectivity index (χ2v) is 6.32. The molecular weight excluding hydrogens is 322 g/mol. The molecule has 2 amide bonds. The average Bonchev–Trinajstić information content (AvgIpc) is 3.05. The summed E-state index contributed by atoms with van der Waals surface area (Å²) in [5.74, 6) is 0.566. The number of piperidine rings is 1. The zero-order valence-electron chi connectivity index (χ0n) is 12.8. The van der Waals surface area contributed by atoms with Gasteiger partial charge in [0.15, 0.2) is 0 Å². The van der Waals surface area contributed by atoms with Crippen LogP contribution in [0.1, 0.15) is 28.9 Å². The molecule has 5 nitrogen and oxygen atoms in total. The molecule has 2 heterocycles. The van der Waals surface area contributed by atoms with Crippen molar-refractivity contribution >= 4 is 35.6 Å². The molecule has 2 rings (SSSR count). The van der Waals surface area contributed by atoms with Crippen LogP contribution in [0, 0.1) is 5.92 Å². The van der Waals surface area contributed by atoms with Gasteiger partial charge in [0.05, 0.1) is 11.4 Å². The van der Waals surface area contributed by atoms with E-state index in [0.717, 1.165) is 32.5 Å². The van der Waals surface area contributed by atoms with Crippen LogP contribution < -0.4 is 10.6 Å². The minimum atomic E-state index is -0.165. The van der Waals surface area contributed by atoms with Gasteiger partial charge in [-0.2, -0.15) is 0 Å². The van der Waals surface area contributed by atoms with E-state index in [-0.39, 0.29) is 30.8 Å². The fraction of sp³-hybridized carbons (Fsp3) is 0.600. The number of hydrogen-bond acceptors (Lipinski definition) is 4. The number of nitrogens with zero attached hydrogens (tertiary/aromatic N) is 1. The van der Waals surface area contributed by atoms with E-state index in [1.807, 2.05) is 23.4 Å². The first kappa shape index (κ1) is 18.9. The molecule has 124 valence electrons. The summed E-state index contributed by atoms with van der Waals surface area (Å²) in [5, 5.41) is 7.72. The molecule has 0 saturated carbocycles. The summed E-state index contributed by atoms with van der Waals surface area (Å²) in [5.41, 5.74) is 0. The number of amides is 2. The Balaban J connectivity index is 0.00000242. The Bertz CT molecular complexity index is 459. The molecule has 1 fully saturated rings. The van der Waals surface area contributed by atoms with Crippen LogP contribution in [0.4, 0.5) is 0 Å². The summed E-state index contributed by atoms with van der Waals surface area (Å²) in [6.45, 7) is 2.75. The van der Waals surface area contributed by atoms with Gasteiger partial charge >= 0.3 is 0 Å². The van der Waals surface area contributed by atoms with Crippen molar-refractivity contribution in [2.45, 2.75) is 19.3 Å². The Morgan fingerprint density at radius 1 is 1.36 bits per heavy atom. The number of carbonyl (C=O) groups excluding carboxylic acids is 2. The zero-order valence-corrected chi connectivity index (χ0v) is 14.5. The summed E-state index contributed by atoms with van der Waals surface area (Å²) in [6, 6.07) is 3.59. The largest absolute Gasteiger partial charge is 0.342 e. The fourth-order valence-electron chi connectivity index (χ4n) is 2.58. The van der Waals surface area contributed by atoms with Crippen LogP contribution in [0.15, 0.2) is 17.5 Å². The van der Waals surface area contributed by atoms with Gasteiger partial charge in [-0.05, 0) is 50.2 Å².